The molecule has 1 N–H and O–H groups in total. The minimum atomic E-state index is -0.401. The number of hydrazone groups is 1. The summed E-state index contributed by atoms with van der Waals surface area (Å²) < 4.78 is 5.45. The van der Waals surface area contributed by atoms with Gasteiger partial charge in [0.2, 0.25) is 0 Å². The first-order valence-corrected chi connectivity index (χ1v) is 8.15. The van der Waals surface area contributed by atoms with Crippen molar-refractivity contribution >= 4 is 34.9 Å². The molecule has 25 heavy (non-hydrogen) atoms. The fraction of sp³-hybridized carbons (Fsp3) is 0.167. The second kappa shape index (κ2) is 7.36. The molecule has 0 saturated carbocycles. The first kappa shape index (κ1) is 17.0. The maximum absolute atomic E-state index is 12.5. The van der Waals surface area contributed by atoms with E-state index in [4.69, 9.17) is 16.3 Å². The van der Waals surface area contributed by atoms with Gasteiger partial charge in [0.25, 0.3) is 11.8 Å². The van der Waals surface area contributed by atoms with Crippen LogP contribution in [0.1, 0.15) is 23.7 Å². The normalized spacial score (nSPS) is 13.6. The van der Waals surface area contributed by atoms with Crippen LogP contribution >= 0.6 is 11.6 Å². The van der Waals surface area contributed by atoms with Gasteiger partial charge in [-0.3, -0.25) is 9.59 Å². The summed E-state index contributed by atoms with van der Waals surface area (Å²) in [5.41, 5.74) is 0.984. The van der Waals surface area contributed by atoms with Gasteiger partial charge in [-0.05, 0) is 37.3 Å². The summed E-state index contributed by atoms with van der Waals surface area (Å²) in [6.45, 7) is 2.22. The summed E-state index contributed by atoms with van der Waals surface area (Å²) in [4.78, 5) is 24.6. The summed E-state index contributed by atoms with van der Waals surface area (Å²) in [6, 6.07) is 13.8. The quantitative estimate of drug-likeness (QED) is 0.913. The van der Waals surface area contributed by atoms with Gasteiger partial charge in [-0.1, -0.05) is 29.8 Å². The average molecular weight is 358 g/mol. The number of amidine groups is 1. The van der Waals surface area contributed by atoms with Crippen molar-refractivity contribution in [3.8, 4) is 5.75 Å². The van der Waals surface area contributed by atoms with Crippen molar-refractivity contribution in [3.63, 3.8) is 0 Å². The molecule has 1 heterocycles. The molecule has 0 aliphatic carbocycles. The molecule has 6 nitrogen and oxygen atoms in total. The second-order valence-electron chi connectivity index (χ2n) is 5.29. The fourth-order valence-corrected chi connectivity index (χ4v) is 2.59. The van der Waals surface area contributed by atoms with Crippen molar-refractivity contribution in [3.05, 3.63) is 59.1 Å². The standard InChI is InChI=1S/C18H16ClN3O3/c1-2-25-15-10-12(19)8-9-14(15)18(24)20-16-11-17(23)22(21-16)13-6-4-3-5-7-13/h3-10H,2,11H2,1H3,(H,20,21,24). The molecule has 1 aliphatic heterocycles. The highest BCUT2D eigenvalue weighted by Crippen LogP contribution is 2.24. The Balaban J connectivity index is 1.79. The zero-order valence-corrected chi connectivity index (χ0v) is 14.3. The number of carbonyl (C=O) groups excluding carboxylic acids is 2. The fourth-order valence-electron chi connectivity index (χ4n) is 2.43. The molecule has 0 unspecified atom stereocenters. The van der Waals surface area contributed by atoms with E-state index in [1.165, 1.54) is 5.01 Å². The maximum Gasteiger partial charge on any atom is 0.260 e. The predicted molar refractivity (Wildman–Crippen MR) is 96.1 cm³/mol. The van der Waals surface area contributed by atoms with Crippen LogP contribution in [0.5, 0.6) is 5.75 Å². The van der Waals surface area contributed by atoms with Gasteiger partial charge in [0.05, 0.1) is 24.3 Å². The number of carbonyl (C=O) groups is 2. The smallest absolute Gasteiger partial charge is 0.260 e. The number of amides is 2. The summed E-state index contributed by atoms with van der Waals surface area (Å²) in [5, 5.41) is 8.62. The lowest BCUT2D eigenvalue weighted by Gasteiger charge is -2.11. The predicted octanol–water partition coefficient (Wildman–Crippen LogP) is 3.22. The molecule has 2 aromatic carbocycles. The summed E-state index contributed by atoms with van der Waals surface area (Å²) in [7, 11) is 0. The van der Waals surface area contributed by atoms with Gasteiger partial charge in [0.15, 0.2) is 0 Å². The van der Waals surface area contributed by atoms with Crippen molar-refractivity contribution < 1.29 is 14.3 Å². The largest absolute Gasteiger partial charge is 0.493 e. The Morgan fingerprint density at radius 3 is 2.76 bits per heavy atom. The SMILES string of the molecule is CCOc1cc(Cl)ccc1C(=O)NC1=NN(c2ccccc2)C(=O)C1. The molecule has 0 saturated heterocycles. The second-order valence-corrected chi connectivity index (χ2v) is 5.73. The average Bonchev–Trinajstić information content (AvgIpc) is 2.96. The zero-order valence-electron chi connectivity index (χ0n) is 13.5. The molecule has 128 valence electrons. The molecule has 7 heteroatoms. The van der Waals surface area contributed by atoms with Crippen molar-refractivity contribution in [2.45, 2.75) is 13.3 Å². The topological polar surface area (TPSA) is 71.0 Å². The third-order valence-electron chi connectivity index (χ3n) is 3.52. The van der Waals surface area contributed by atoms with Crippen LogP contribution in [0.25, 0.3) is 0 Å². The van der Waals surface area contributed by atoms with Crippen LogP contribution in [0, 0.1) is 0 Å². The number of hydrogen-bond acceptors (Lipinski definition) is 4. The van der Waals surface area contributed by atoms with Gasteiger partial charge >= 0.3 is 0 Å². The summed E-state index contributed by atoms with van der Waals surface area (Å²) >= 11 is 5.95. The molecular weight excluding hydrogens is 342 g/mol. The number of hydrogen-bond donors (Lipinski definition) is 1. The number of nitrogens with zero attached hydrogens (tertiary/aromatic N) is 2. The van der Waals surface area contributed by atoms with E-state index in [1.54, 1.807) is 30.3 Å². The highest BCUT2D eigenvalue weighted by molar-refractivity contribution is 6.31. The van der Waals surface area contributed by atoms with E-state index in [1.807, 2.05) is 25.1 Å². The van der Waals surface area contributed by atoms with Crippen molar-refractivity contribution in [2.75, 3.05) is 11.6 Å². The third-order valence-corrected chi connectivity index (χ3v) is 3.76. The number of halogens is 1. The van der Waals surface area contributed by atoms with E-state index >= 15 is 0 Å². The van der Waals surface area contributed by atoms with Crippen LogP contribution in [0.3, 0.4) is 0 Å². The van der Waals surface area contributed by atoms with E-state index in [0.29, 0.717) is 28.6 Å². The van der Waals surface area contributed by atoms with E-state index < -0.39 is 5.91 Å². The molecule has 0 bridgehead atoms. The number of benzene rings is 2. The molecule has 1 aliphatic rings. The van der Waals surface area contributed by atoms with E-state index in [9.17, 15) is 9.59 Å². The van der Waals surface area contributed by atoms with E-state index in [-0.39, 0.29) is 18.2 Å². The van der Waals surface area contributed by atoms with Crippen molar-refractivity contribution in [1.29, 1.82) is 0 Å². The number of rotatable bonds is 4. The Morgan fingerprint density at radius 2 is 2.04 bits per heavy atom. The Hall–Kier alpha value is -2.86. The Labute approximate surface area is 150 Å². The molecule has 0 atom stereocenters. The molecule has 0 radical (unpaired) electrons. The van der Waals surface area contributed by atoms with Crippen molar-refractivity contribution in [1.82, 2.24) is 5.32 Å². The Bertz CT molecular complexity index is 837. The Kier molecular flexibility index (Phi) is 5.00. The van der Waals surface area contributed by atoms with Gasteiger partial charge in [-0.25, -0.2) is 0 Å². The number of ether oxygens (including phenoxy) is 1. The van der Waals surface area contributed by atoms with E-state index in [0.717, 1.165) is 0 Å². The molecule has 2 amide bonds. The number of anilines is 1. The van der Waals surface area contributed by atoms with Crippen LogP contribution in [0.4, 0.5) is 5.69 Å². The lowest BCUT2D eigenvalue weighted by Crippen LogP contribution is -2.30. The maximum atomic E-state index is 12.5. The third kappa shape index (κ3) is 3.80. The van der Waals surface area contributed by atoms with E-state index in [2.05, 4.69) is 10.4 Å². The van der Waals surface area contributed by atoms with Gasteiger partial charge in [-0.15, -0.1) is 0 Å². The molecule has 0 aromatic heterocycles. The number of nitrogens with one attached hydrogen (secondary N) is 1. The van der Waals surface area contributed by atoms with Crippen LogP contribution in [-0.2, 0) is 4.79 Å². The summed E-state index contributed by atoms with van der Waals surface area (Å²) in [5.74, 6) is 0.0674. The monoisotopic (exact) mass is 357 g/mol. The van der Waals surface area contributed by atoms with Crippen molar-refractivity contribution in [2.24, 2.45) is 5.10 Å². The number of para-hydroxylation sites is 1. The molecule has 2 aromatic rings. The highest BCUT2D eigenvalue weighted by Gasteiger charge is 2.27. The molecule has 0 spiro atoms. The minimum absolute atomic E-state index is 0.0260. The van der Waals surface area contributed by atoms with Gasteiger partial charge in [0.1, 0.15) is 11.6 Å². The first-order chi connectivity index (χ1) is 12.1. The first-order valence-electron chi connectivity index (χ1n) is 7.77. The van der Waals surface area contributed by atoms with Gasteiger partial charge in [-0.2, -0.15) is 10.1 Å². The lowest BCUT2D eigenvalue weighted by atomic mass is 10.2. The summed E-state index contributed by atoms with van der Waals surface area (Å²) in [6.07, 6.45) is 0.0260. The van der Waals surface area contributed by atoms with Crippen LogP contribution < -0.4 is 15.1 Å². The Morgan fingerprint density at radius 1 is 1.28 bits per heavy atom. The van der Waals surface area contributed by atoms with Crippen LogP contribution in [0.2, 0.25) is 5.02 Å². The van der Waals surface area contributed by atoms with Crippen LogP contribution in [-0.4, -0.2) is 24.3 Å². The molecule has 3 rings (SSSR count). The minimum Gasteiger partial charge on any atom is -0.493 e. The van der Waals surface area contributed by atoms with Crippen LogP contribution in [0.15, 0.2) is 53.6 Å². The van der Waals surface area contributed by atoms with Gasteiger partial charge < -0.3 is 10.1 Å². The van der Waals surface area contributed by atoms with Gasteiger partial charge in [0, 0.05) is 5.02 Å². The lowest BCUT2D eigenvalue weighted by molar-refractivity contribution is -0.116. The zero-order chi connectivity index (χ0) is 17.8. The highest BCUT2D eigenvalue weighted by atomic mass is 35.5. The molecular formula is C18H16ClN3O3. The molecule has 0 fully saturated rings.